The first kappa shape index (κ1) is 40.2. The maximum Gasteiger partial charge on any atom is 0.0241 e. The van der Waals surface area contributed by atoms with E-state index in [4.69, 9.17) is 0 Å². The molecule has 0 rings (SSSR count). The molecule has 0 aliphatic carbocycles. The van der Waals surface area contributed by atoms with Crippen LogP contribution in [0.15, 0.2) is 0 Å². The lowest BCUT2D eigenvalue weighted by Gasteiger charge is -2.24. The van der Waals surface area contributed by atoms with Crippen LogP contribution in [0.2, 0.25) is 0 Å². The Hall–Kier alpha value is -1.76. The van der Waals surface area contributed by atoms with Gasteiger partial charge in [0.05, 0.1) is 0 Å². The minimum Gasteiger partial charge on any atom is -0.0925 e. The molecule has 0 aromatic rings. The van der Waals surface area contributed by atoms with Crippen molar-refractivity contribution >= 4 is 0 Å². The number of rotatable bonds is 23. The molecule has 2 atom stereocenters. The maximum atomic E-state index is 3.65. The van der Waals surface area contributed by atoms with Crippen molar-refractivity contribution in [3.63, 3.8) is 0 Å². The van der Waals surface area contributed by atoms with Crippen LogP contribution >= 0.6 is 0 Å². The van der Waals surface area contributed by atoms with E-state index in [-0.39, 0.29) is 0 Å². The first-order valence-corrected chi connectivity index (χ1v) is 18.0. The van der Waals surface area contributed by atoms with Crippen LogP contribution in [-0.2, 0) is 0 Å². The van der Waals surface area contributed by atoms with Crippen LogP contribution in [0.25, 0.3) is 0 Å². The molecule has 0 radical (unpaired) electrons. The van der Waals surface area contributed by atoms with Gasteiger partial charge in [0.15, 0.2) is 0 Å². The van der Waals surface area contributed by atoms with E-state index < -0.39 is 0 Å². The highest BCUT2D eigenvalue weighted by Crippen LogP contribution is 2.30. The molecule has 2 unspecified atom stereocenters. The quantitative estimate of drug-likeness (QED) is 0.0841. The molecule has 42 heavy (non-hydrogen) atoms. The molecule has 0 N–H and O–H groups in total. The van der Waals surface area contributed by atoms with Crippen LogP contribution in [0.5, 0.6) is 0 Å². The summed E-state index contributed by atoms with van der Waals surface area (Å²) in [6.07, 6.45) is 29.9. The molecule has 0 aromatic heterocycles. The van der Waals surface area contributed by atoms with Crippen molar-refractivity contribution < 1.29 is 0 Å². The lowest BCUT2D eigenvalue weighted by Crippen LogP contribution is -2.14. The van der Waals surface area contributed by atoms with Gasteiger partial charge in [0.1, 0.15) is 0 Å². The van der Waals surface area contributed by atoms with E-state index in [1.807, 2.05) is 0 Å². The molecule has 0 heteroatoms. The van der Waals surface area contributed by atoms with Crippen molar-refractivity contribution in [3.05, 3.63) is 0 Å². The SMILES string of the molecule is CC#CC#CC#CC#CC(CCCCCCCC(C)(C)C)C(CCCCCCCC)CCCCCCCCC(C)(C)C. The number of hydrogen-bond acceptors (Lipinski definition) is 0. The summed E-state index contributed by atoms with van der Waals surface area (Å²) in [7, 11) is 0. The van der Waals surface area contributed by atoms with Crippen molar-refractivity contribution in [2.45, 2.75) is 197 Å². The van der Waals surface area contributed by atoms with Crippen LogP contribution in [-0.4, -0.2) is 0 Å². The largest absolute Gasteiger partial charge is 0.0925 e. The minimum absolute atomic E-state index is 0.464. The Labute approximate surface area is 266 Å². The molecule has 0 amide bonds. The standard InChI is InChI=1S/C42H70/c1-9-11-13-15-17-22-28-34-40(36-30-24-20-26-32-38-42(6,7)8)39(33-27-21-16-14-12-10-2)35-29-23-18-19-25-31-37-41(3,4)5/h39-40H,10,12,14,16,18-21,23-27,29-33,35-38H2,1-8H3. The zero-order valence-electron chi connectivity index (χ0n) is 29.7. The van der Waals surface area contributed by atoms with E-state index in [0.29, 0.717) is 22.7 Å². The third-order valence-electron chi connectivity index (χ3n) is 8.39. The smallest absolute Gasteiger partial charge is 0.0241 e. The molecule has 0 nitrogen and oxygen atoms in total. The molecular weight excluding hydrogens is 504 g/mol. The zero-order chi connectivity index (χ0) is 31.4. The Morgan fingerprint density at radius 2 is 0.810 bits per heavy atom. The Bertz CT molecular complexity index is 874. The second-order valence-electron chi connectivity index (χ2n) is 15.2. The predicted octanol–water partition coefficient (Wildman–Crippen LogP) is 12.9. The van der Waals surface area contributed by atoms with Gasteiger partial charge in [0, 0.05) is 5.92 Å². The summed E-state index contributed by atoms with van der Waals surface area (Å²) < 4.78 is 0. The molecule has 0 aliphatic rings. The number of unbranched alkanes of at least 4 members (excludes halogenated alkanes) is 14. The Morgan fingerprint density at radius 3 is 1.26 bits per heavy atom. The van der Waals surface area contributed by atoms with E-state index in [2.05, 4.69) is 95.8 Å². The molecule has 0 saturated carbocycles. The Kier molecular flexibility index (Phi) is 25.7. The van der Waals surface area contributed by atoms with Gasteiger partial charge < -0.3 is 0 Å². The second-order valence-corrected chi connectivity index (χ2v) is 15.2. The van der Waals surface area contributed by atoms with Gasteiger partial charge in [-0.25, -0.2) is 0 Å². The molecular formula is C42H70. The Morgan fingerprint density at radius 1 is 0.429 bits per heavy atom. The van der Waals surface area contributed by atoms with E-state index in [0.717, 1.165) is 0 Å². The third kappa shape index (κ3) is 29.7. The summed E-state index contributed by atoms with van der Waals surface area (Å²) in [6, 6.07) is 0. The number of hydrogen-bond donors (Lipinski definition) is 0. The van der Waals surface area contributed by atoms with Crippen molar-refractivity contribution in [1.29, 1.82) is 0 Å². The lowest BCUT2D eigenvalue weighted by atomic mass is 9.80. The van der Waals surface area contributed by atoms with Gasteiger partial charge in [-0.3, -0.25) is 0 Å². The first-order valence-electron chi connectivity index (χ1n) is 18.0. The fourth-order valence-electron chi connectivity index (χ4n) is 5.79. The normalized spacial score (nSPS) is 12.5. The molecule has 0 bridgehead atoms. The van der Waals surface area contributed by atoms with Crippen LogP contribution in [0.3, 0.4) is 0 Å². The van der Waals surface area contributed by atoms with E-state index in [1.165, 1.54) is 141 Å². The highest BCUT2D eigenvalue weighted by Gasteiger charge is 2.19. The Balaban J connectivity index is 5.11. The van der Waals surface area contributed by atoms with Gasteiger partial charge in [-0.1, -0.05) is 169 Å². The highest BCUT2D eigenvalue weighted by atomic mass is 14.2. The summed E-state index contributed by atoms with van der Waals surface area (Å²) in [6.45, 7) is 18.3. The summed E-state index contributed by atoms with van der Waals surface area (Å²) in [5.41, 5.74) is 0.943. The van der Waals surface area contributed by atoms with Crippen molar-refractivity contribution in [3.8, 4) is 47.4 Å². The van der Waals surface area contributed by atoms with E-state index in [1.54, 1.807) is 6.92 Å². The average molecular weight is 575 g/mol. The third-order valence-corrected chi connectivity index (χ3v) is 8.39. The fraction of sp³-hybridized carbons (Fsp3) is 0.810. The second kappa shape index (κ2) is 26.8. The monoisotopic (exact) mass is 575 g/mol. The van der Waals surface area contributed by atoms with Crippen molar-refractivity contribution in [1.82, 2.24) is 0 Å². The van der Waals surface area contributed by atoms with Crippen molar-refractivity contribution in [2.24, 2.45) is 22.7 Å². The van der Waals surface area contributed by atoms with Gasteiger partial charge in [-0.15, -0.1) is 0 Å². The van der Waals surface area contributed by atoms with Crippen molar-refractivity contribution in [2.75, 3.05) is 0 Å². The summed E-state index contributed by atoms with van der Waals surface area (Å²) in [4.78, 5) is 0. The molecule has 0 aliphatic heterocycles. The van der Waals surface area contributed by atoms with Gasteiger partial charge in [0.2, 0.25) is 0 Å². The van der Waals surface area contributed by atoms with Gasteiger partial charge in [-0.2, -0.15) is 0 Å². The minimum atomic E-state index is 0.464. The summed E-state index contributed by atoms with van der Waals surface area (Å²) in [5, 5.41) is 0. The first-order chi connectivity index (χ1) is 20.1. The van der Waals surface area contributed by atoms with Gasteiger partial charge in [-0.05, 0) is 91.3 Å². The van der Waals surface area contributed by atoms with Gasteiger partial charge >= 0.3 is 0 Å². The van der Waals surface area contributed by atoms with Gasteiger partial charge in [0.25, 0.3) is 0 Å². The molecule has 0 spiro atoms. The maximum absolute atomic E-state index is 3.65. The average Bonchev–Trinajstić information content (AvgIpc) is 2.92. The topological polar surface area (TPSA) is 0 Å². The van der Waals surface area contributed by atoms with Crippen LogP contribution in [0.4, 0.5) is 0 Å². The van der Waals surface area contributed by atoms with Crippen LogP contribution in [0, 0.1) is 70.0 Å². The molecule has 0 heterocycles. The van der Waals surface area contributed by atoms with E-state index >= 15 is 0 Å². The molecule has 0 aromatic carbocycles. The molecule has 0 saturated heterocycles. The van der Waals surface area contributed by atoms with Crippen LogP contribution < -0.4 is 0 Å². The molecule has 238 valence electrons. The summed E-state index contributed by atoms with van der Waals surface area (Å²) >= 11 is 0. The zero-order valence-corrected chi connectivity index (χ0v) is 29.7. The summed E-state index contributed by atoms with van der Waals surface area (Å²) in [5.74, 6) is 25.1. The highest BCUT2D eigenvalue weighted by molar-refractivity contribution is 5.40. The van der Waals surface area contributed by atoms with E-state index in [9.17, 15) is 0 Å². The lowest BCUT2D eigenvalue weighted by molar-refractivity contribution is 0.307. The predicted molar refractivity (Wildman–Crippen MR) is 190 cm³/mol. The molecule has 0 fully saturated rings. The van der Waals surface area contributed by atoms with Crippen LogP contribution in [0.1, 0.15) is 197 Å². The fourth-order valence-corrected chi connectivity index (χ4v) is 5.79.